The molecule has 7 rings (SSSR count). The first-order valence-electron chi connectivity index (χ1n) is 8.96. The van der Waals surface area contributed by atoms with E-state index < -0.39 is 0 Å². The molecule has 0 amide bonds. The van der Waals surface area contributed by atoms with E-state index in [9.17, 15) is 0 Å². The van der Waals surface area contributed by atoms with Gasteiger partial charge >= 0.3 is 174 Å². The molecule has 0 saturated carbocycles. The summed E-state index contributed by atoms with van der Waals surface area (Å²) >= 11 is 1.26. The van der Waals surface area contributed by atoms with Crippen molar-refractivity contribution in [2.24, 2.45) is 0 Å². The Hall–Kier alpha value is -1.56. The van der Waals surface area contributed by atoms with E-state index in [-0.39, 0.29) is 0 Å². The van der Waals surface area contributed by atoms with Crippen LogP contribution >= 0.6 is 0 Å². The maximum atomic E-state index is 2.36. The Morgan fingerprint density at radius 1 is 0.370 bits per heavy atom. The fourth-order valence-corrected chi connectivity index (χ4v) is 13.3. The van der Waals surface area contributed by atoms with Gasteiger partial charge in [0.15, 0.2) is 0 Å². The predicted octanol–water partition coefficient (Wildman–Crippen LogP) is 5.78. The van der Waals surface area contributed by atoms with Crippen LogP contribution in [0.1, 0.15) is 0 Å². The van der Waals surface area contributed by atoms with E-state index in [0.29, 0.717) is 43.5 Å². The van der Waals surface area contributed by atoms with Crippen LogP contribution in [0.15, 0.2) is 72.8 Å². The molecular weight excluding hydrogens is 525 g/mol. The van der Waals surface area contributed by atoms with Crippen molar-refractivity contribution in [2.75, 3.05) is 0 Å². The van der Waals surface area contributed by atoms with Crippen LogP contribution in [0.4, 0.5) is 0 Å². The molecule has 3 aromatic heterocycles. The first-order valence-corrected chi connectivity index (χ1v) is 14.1. The van der Waals surface area contributed by atoms with Crippen molar-refractivity contribution >= 4 is 101 Å². The van der Waals surface area contributed by atoms with Gasteiger partial charge in [-0.1, -0.05) is 0 Å². The zero-order valence-corrected chi connectivity index (χ0v) is 19.3. The standard InChI is InChI=1S/C24H12Se3/c1-4-10-16-13(7-1)19-22(25-16)20-15-9-3-6-12-18(15)27-24(20)21-14-8-2-5-11-17(14)26-23(19)21/h1-12H. The summed E-state index contributed by atoms with van der Waals surface area (Å²) in [7, 11) is 0. The molecular formula is C24H12Se3. The summed E-state index contributed by atoms with van der Waals surface area (Å²) in [5.41, 5.74) is 0. The van der Waals surface area contributed by atoms with Crippen LogP contribution in [0.3, 0.4) is 0 Å². The molecule has 126 valence electrons. The molecule has 0 radical (unpaired) electrons. The van der Waals surface area contributed by atoms with E-state index in [1.807, 2.05) is 0 Å². The van der Waals surface area contributed by atoms with Crippen molar-refractivity contribution in [3.8, 4) is 0 Å². The van der Waals surface area contributed by atoms with Crippen molar-refractivity contribution in [3.63, 3.8) is 0 Å². The summed E-state index contributed by atoms with van der Waals surface area (Å²) in [6.07, 6.45) is 0. The average molecular weight is 537 g/mol. The fraction of sp³-hybridized carbons (Fsp3) is 0. The number of hydrogen-bond acceptors (Lipinski definition) is 0. The molecule has 0 saturated heterocycles. The van der Waals surface area contributed by atoms with E-state index in [0.717, 1.165) is 0 Å². The summed E-state index contributed by atoms with van der Waals surface area (Å²) in [6.45, 7) is 0. The molecule has 4 aromatic carbocycles. The summed E-state index contributed by atoms with van der Waals surface area (Å²) in [5.74, 6) is 0. The molecule has 0 atom stereocenters. The Bertz CT molecular complexity index is 1440. The second-order valence-corrected chi connectivity index (χ2v) is 13.5. The van der Waals surface area contributed by atoms with Gasteiger partial charge in [-0.05, 0) is 0 Å². The van der Waals surface area contributed by atoms with E-state index >= 15 is 0 Å². The van der Waals surface area contributed by atoms with Gasteiger partial charge in [-0.15, -0.1) is 0 Å². The van der Waals surface area contributed by atoms with Crippen molar-refractivity contribution in [2.45, 2.75) is 0 Å². The monoisotopic (exact) mass is 540 g/mol. The molecule has 0 spiro atoms. The van der Waals surface area contributed by atoms with Crippen LogP contribution in [0, 0.1) is 0 Å². The van der Waals surface area contributed by atoms with Gasteiger partial charge in [-0.3, -0.25) is 0 Å². The second kappa shape index (κ2) is 5.49. The van der Waals surface area contributed by atoms with Gasteiger partial charge in [-0.2, -0.15) is 0 Å². The first-order chi connectivity index (χ1) is 13.4. The van der Waals surface area contributed by atoms with Crippen LogP contribution in [-0.2, 0) is 0 Å². The number of rotatable bonds is 0. The van der Waals surface area contributed by atoms with Crippen molar-refractivity contribution in [1.82, 2.24) is 0 Å². The summed E-state index contributed by atoms with van der Waals surface area (Å²) in [6, 6.07) is 27.4. The second-order valence-electron chi connectivity index (χ2n) is 6.91. The molecule has 0 aliphatic rings. The molecule has 0 bridgehead atoms. The Labute approximate surface area is 173 Å². The molecule has 3 heteroatoms. The minimum absolute atomic E-state index is 0.420. The topological polar surface area (TPSA) is 0 Å². The van der Waals surface area contributed by atoms with Crippen LogP contribution in [0.5, 0.6) is 0 Å². The summed E-state index contributed by atoms with van der Waals surface area (Å²) in [4.78, 5) is 0. The summed E-state index contributed by atoms with van der Waals surface area (Å²) < 4.78 is 9.70. The third-order valence-corrected chi connectivity index (χ3v) is 12.9. The van der Waals surface area contributed by atoms with Gasteiger partial charge in [-0.25, -0.2) is 0 Å². The van der Waals surface area contributed by atoms with Crippen LogP contribution in [0.2, 0.25) is 0 Å². The van der Waals surface area contributed by atoms with Crippen LogP contribution in [0.25, 0.3) is 57.9 Å². The molecule has 0 unspecified atom stereocenters. The molecule has 0 aliphatic heterocycles. The Balaban J connectivity index is 1.95. The van der Waals surface area contributed by atoms with Crippen molar-refractivity contribution in [3.05, 3.63) is 72.8 Å². The molecule has 0 nitrogen and oxygen atoms in total. The van der Waals surface area contributed by atoms with Gasteiger partial charge < -0.3 is 0 Å². The van der Waals surface area contributed by atoms with Gasteiger partial charge in [0.1, 0.15) is 0 Å². The molecule has 7 aromatic rings. The van der Waals surface area contributed by atoms with Crippen LogP contribution < -0.4 is 0 Å². The van der Waals surface area contributed by atoms with Crippen molar-refractivity contribution < 1.29 is 0 Å². The van der Waals surface area contributed by atoms with Gasteiger partial charge in [0.2, 0.25) is 0 Å². The molecule has 0 aliphatic carbocycles. The van der Waals surface area contributed by atoms with Crippen LogP contribution in [-0.4, -0.2) is 43.5 Å². The van der Waals surface area contributed by atoms with E-state index in [1.54, 1.807) is 41.7 Å². The average Bonchev–Trinajstić information content (AvgIpc) is 3.38. The van der Waals surface area contributed by atoms with E-state index in [2.05, 4.69) is 72.8 Å². The molecule has 3 heterocycles. The normalized spacial score (nSPS) is 12.4. The number of fused-ring (bicyclic) bond motifs is 12. The zero-order valence-electron chi connectivity index (χ0n) is 14.2. The molecule has 0 N–H and O–H groups in total. The van der Waals surface area contributed by atoms with Crippen molar-refractivity contribution in [1.29, 1.82) is 0 Å². The fourth-order valence-electron chi connectivity index (χ4n) is 4.34. The Kier molecular flexibility index (Phi) is 3.13. The zero-order chi connectivity index (χ0) is 17.5. The Morgan fingerprint density at radius 3 is 1.00 bits per heavy atom. The number of hydrogen-bond donors (Lipinski definition) is 0. The minimum atomic E-state index is 0.420. The Morgan fingerprint density at radius 2 is 0.667 bits per heavy atom. The number of benzene rings is 4. The van der Waals surface area contributed by atoms with E-state index in [4.69, 9.17) is 0 Å². The molecule has 0 fully saturated rings. The molecule has 27 heavy (non-hydrogen) atoms. The summed E-state index contributed by atoms with van der Waals surface area (Å²) in [5, 5.41) is 9.34. The quantitative estimate of drug-likeness (QED) is 0.216. The van der Waals surface area contributed by atoms with Gasteiger partial charge in [0, 0.05) is 0 Å². The third-order valence-electron chi connectivity index (χ3n) is 5.47. The maximum absolute atomic E-state index is 2.36. The predicted molar refractivity (Wildman–Crippen MR) is 122 cm³/mol. The third kappa shape index (κ3) is 1.95. The van der Waals surface area contributed by atoms with E-state index in [1.165, 1.54) is 16.2 Å². The SMILES string of the molecule is c1ccc2c(c1)[se]c1c2c2[se]c3ccccc3c2c2[se]c3ccccc3c12. The first kappa shape index (κ1) is 15.4. The van der Waals surface area contributed by atoms with Gasteiger partial charge in [0.25, 0.3) is 0 Å². The van der Waals surface area contributed by atoms with Gasteiger partial charge in [0.05, 0.1) is 0 Å².